The van der Waals surface area contributed by atoms with E-state index in [1.165, 1.54) is 16.9 Å². The Morgan fingerprint density at radius 2 is 1.79 bits per heavy atom. The van der Waals surface area contributed by atoms with E-state index in [2.05, 4.69) is 0 Å². The van der Waals surface area contributed by atoms with Crippen LogP contribution >= 0.6 is 0 Å². The summed E-state index contributed by atoms with van der Waals surface area (Å²) in [6.45, 7) is 5.12. The van der Waals surface area contributed by atoms with Crippen molar-refractivity contribution >= 4 is 23.6 Å². The fourth-order valence-corrected chi connectivity index (χ4v) is 4.31. The van der Waals surface area contributed by atoms with Gasteiger partial charge in [0.05, 0.1) is 18.8 Å². The van der Waals surface area contributed by atoms with Crippen LogP contribution in [-0.2, 0) is 14.3 Å². The molecule has 0 bridgehead atoms. The highest BCUT2D eigenvalue weighted by Crippen LogP contribution is 2.34. The third-order valence-electron chi connectivity index (χ3n) is 5.68. The van der Waals surface area contributed by atoms with Crippen molar-refractivity contribution in [3.8, 4) is 5.75 Å². The van der Waals surface area contributed by atoms with Gasteiger partial charge in [-0.1, -0.05) is 36.4 Å². The Morgan fingerprint density at radius 3 is 2.41 bits per heavy atom. The highest BCUT2D eigenvalue weighted by atomic mass is 16.6. The number of hydrogen-bond acceptors (Lipinski definition) is 5. The zero-order chi connectivity index (χ0) is 24.9. The number of ether oxygens (including phenoxy) is 2. The minimum absolute atomic E-state index is 0.225. The molecule has 1 aliphatic heterocycles. The van der Waals surface area contributed by atoms with Crippen molar-refractivity contribution in [2.24, 2.45) is 5.73 Å². The minimum atomic E-state index is -0.860. The molecule has 8 heteroatoms. The summed E-state index contributed by atoms with van der Waals surface area (Å²) in [4.78, 5) is 42.1. The van der Waals surface area contributed by atoms with Gasteiger partial charge in [-0.15, -0.1) is 0 Å². The van der Waals surface area contributed by atoms with Gasteiger partial charge in [-0.05, 0) is 57.7 Å². The molecule has 2 N–H and O–H groups in total. The van der Waals surface area contributed by atoms with E-state index < -0.39 is 23.6 Å². The number of carbonyl (C=O) groups is 3. The molecular formula is C26H33N3O5. The van der Waals surface area contributed by atoms with Gasteiger partial charge < -0.3 is 20.1 Å². The summed E-state index contributed by atoms with van der Waals surface area (Å²) < 4.78 is 10.8. The van der Waals surface area contributed by atoms with Crippen LogP contribution in [0.25, 0.3) is 0 Å². The average molecular weight is 468 g/mol. The van der Waals surface area contributed by atoms with E-state index in [1.807, 2.05) is 30.3 Å². The number of anilines is 1. The molecule has 1 heterocycles. The molecule has 1 saturated heterocycles. The number of methoxy groups -OCH3 is 1. The highest BCUT2D eigenvalue weighted by Gasteiger charge is 2.40. The van der Waals surface area contributed by atoms with Crippen molar-refractivity contribution in [2.45, 2.75) is 57.7 Å². The molecule has 0 spiro atoms. The number of likely N-dealkylation sites (tertiary alicyclic amines) is 1. The maximum atomic E-state index is 13.9. The molecule has 0 aliphatic carbocycles. The molecule has 1 fully saturated rings. The van der Waals surface area contributed by atoms with E-state index in [4.69, 9.17) is 15.2 Å². The Labute approximate surface area is 200 Å². The molecule has 3 rings (SSSR count). The summed E-state index contributed by atoms with van der Waals surface area (Å²) in [6, 6.07) is 14.5. The number of primary amides is 1. The minimum Gasteiger partial charge on any atom is -0.497 e. The molecule has 0 aromatic heterocycles. The van der Waals surface area contributed by atoms with Crippen LogP contribution in [-0.4, -0.2) is 48.1 Å². The lowest BCUT2D eigenvalue weighted by molar-refractivity contribution is -0.160. The first-order valence-corrected chi connectivity index (χ1v) is 11.4. The van der Waals surface area contributed by atoms with Crippen molar-refractivity contribution in [3.63, 3.8) is 0 Å². The maximum Gasteiger partial charge on any atom is 0.326 e. The Morgan fingerprint density at radius 1 is 1.09 bits per heavy atom. The van der Waals surface area contributed by atoms with Crippen LogP contribution in [0.4, 0.5) is 10.5 Å². The van der Waals surface area contributed by atoms with Crippen molar-refractivity contribution in [1.29, 1.82) is 0 Å². The van der Waals surface area contributed by atoms with Gasteiger partial charge in [0.1, 0.15) is 23.9 Å². The zero-order valence-corrected chi connectivity index (χ0v) is 20.2. The normalized spacial score (nSPS) is 18.7. The van der Waals surface area contributed by atoms with Crippen LogP contribution < -0.4 is 15.4 Å². The second-order valence-electron chi connectivity index (χ2n) is 9.34. The van der Waals surface area contributed by atoms with Gasteiger partial charge >= 0.3 is 12.0 Å². The van der Waals surface area contributed by atoms with E-state index in [0.717, 1.165) is 5.56 Å². The molecule has 8 nitrogen and oxygen atoms in total. The first kappa shape index (κ1) is 25.1. The molecule has 34 heavy (non-hydrogen) atoms. The van der Waals surface area contributed by atoms with Crippen LogP contribution in [0.3, 0.4) is 0 Å². The number of amides is 3. The topological polar surface area (TPSA) is 102 Å². The quantitative estimate of drug-likeness (QED) is 0.646. The highest BCUT2D eigenvalue weighted by molar-refractivity contribution is 6.00. The summed E-state index contributed by atoms with van der Waals surface area (Å²) in [5, 5.41) is 0. The number of carbonyl (C=O) groups excluding carboxylic acids is 3. The molecule has 182 valence electrons. The number of nitrogens with two attached hydrogens (primary N) is 1. The molecule has 2 atom stereocenters. The first-order chi connectivity index (χ1) is 16.1. The van der Waals surface area contributed by atoms with Crippen molar-refractivity contribution in [1.82, 2.24) is 4.90 Å². The summed E-state index contributed by atoms with van der Waals surface area (Å²) in [5.41, 5.74) is 6.46. The molecular weight excluding hydrogens is 434 g/mol. The van der Waals surface area contributed by atoms with Crippen molar-refractivity contribution in [2.75, 3.05) is 18.6 Å². The van der Waals surface area contributed by atoms with E-state index in [0.29, 0.717) is 30.7 Å². The van der Waals surface area contributed by atoms with Gasteiger partial charge in [0.25, 0.3) is 0 Å². The van der Waals surface area contributed by atoms with Crippen LogP contribution in [0.15, 0.2) is 54.6 Å². The molecule has 0 radical (unpaired) electrons. The summed E-state index contributed by atoms with van der Waals surface area (Å²) in [6.07, 6.45) is 1.71. The third-order valence-corrected chi connectivity index (χ3v) is 5.68. The summed E-state index contributed by atoms with van der Waals surface area (Å²) in [5.74, 6) is -0.314. The number of hydrogen-bond donors (Lipinski definition) is 1. The zero-order valence-electron chi connectivity index (χ0n) is 20.2. The molecule has 0 saturated carbocycles. The second-order valence-corrected chi connectivity index (χ2v) is 9.34. The molecule has 3 amide bonds. The fourth-order valence-electron chi connectivity index (χ4n) is 4.31. The van der Waals surface area contributed by atoms with Crippen molar-refractivity contribution in [3.05, 3.63) is 60.2 Å². The van der Waals surface area contributed by atoms with Gasteiger partial charge in [-0.3, -0.25) is 14.5 Å². The average Bonchev–Trinajstić information content (AvgIpc) is 2.93. The van der Waals surface area contributed by atoms with Crippen LogP contribution in [0.5, 0.6) is 5.75 Å². The molecule has 2 unspecified atom stereocenters. The number of esters is 1. The second kappa shape index (κ2) is 10.6. The van der Waals surface area contributed by atoms with E-state index in [1.54, 1.807) is 45.0 Å². The lowest BCUT2D eigenvalue weighted by Crippen LogP contribution is -2.53. The Balaban J connectivity index is 2.00. The van der Waals surface area contributed by atoms with Crippen LogP contribution in [0, 0.1) is 0 Å². The smallest absolute Gasteiger partial charge is 0.326 e. The summed E-state index contributed by atoms with van der Waals surface area (Å²) in [7, 11) is 1.53. The summed E-state index contributed by atoms with van der Waals surface area (Å²) >= 11 is 0. The van der Waals surface area contributed by atoms with Gasteiger partial charge in [0.15, 0.2) is 0 Å². The molecule has 2 aromatic rings. The number of nitrogens with zero attached hydrogens (tertiary/aromatic N) is 2. The molecule has 2 aromatic carbocycles. The maximum absolute atomic E-state index is 13.9. The van der Waals surface area contributed by atoms with Gasteiger partial charge in [-0.25, -0.2) is 4.79 Å². The van der Waals surface area contributed by atoms with Gasteiger partial charge in [0.2, 0.25) is 5.91 Å². The number of urea groups is 1. The third kappa shape index (κ3) is 6.07. The van der Waals surface area contributed by atoms with E-state index >= 15 is 0 Å². The number of benzene rings is 2. The number of rotatable bonds is 6. The lowest BCUT2D eigenvalue weighted by atomic mass is 10.0. The van der Waals surface area contributed by atoms with Crippen molar-refractivity contribution < 1.29 is 23.9 Å². The molecule has 1 aliphatic rings. The Kier molecular flexibility index (Phi) is 7.81. The fraction of sp³-hybridized carbons (Fsp3) is 0.423. The Hall–Kier alpha value is -3.55. The van der Waals surface area contributed by atoms with Gasteiger partial charge in [-0.2, -0.15) is 0 Å². The standard InChI is InChI=1S/C26H33N3O5/c1-26(2,3)34-23(30)17-28-21(18-10-6-5-7-11-18)14-9-15-22(24(28)31)29(25(27)32)19-12-8-13-20(16-19)33-4/h5-8,10-13,16,21-22H,9,14-15,17H2,1-4H3,(H2,27,32). The Bertz CT molecular complexity index is 1020. The predicted octanol–water partition coefficient (Wildman–Crippen LogP) is 4.04. The van der Waals surface area contributed by atoms with E-state index in [-0.39, 0.29) is 18.5 Å². The lowest BCUT2D eigenvalue weighted by Gasteiger charge is -2.35. The van der Waals surface area contributed by atoms with Crippen LogP contribution in [0.2, 0.25) is 0 Å². The SMILES string of the molecule is COc1cccc(N(C(N)=O)C2CCCC(c3ccccc3)N(CC(=O)OC(C)(C)C)C2=O)c1. The largest absolute Gasteiger partial charge is 0.497 e. The predicted molar refractivity (Wildman–Crippen MR) is 129 cm³/mol. The monoisotopic (exact) mass is 467 g/mol. The van der Waals surface area contributed by atoms with Crippen LogP contribution in [0.1, 0.15) is 51.6 Å². The van der Waals surface area contributed by atoms with Gasteiger partial charge in [0, 0.05) is 6.07 Å². The van der Waals surface area contributed by atoms with E-state index in [9.17, 15) is 14.4 Å². The first-order valence-electron chi connectivity index (χ1n) is 11.4.